The molecule has 0 aromatic carbocycles. The number of hydrogen-bond acceptors (Lipinski definition) is 2. The van der Waals surface area contributed by atoms with Crippen molar-refractivity contribution in [3.8, 4) is 0 Å². The summed E-state index contributed by atoms with van der Waals surface area (Å²) in [6.07, 6.45) is 5.66. The van der Waals surface area contributed by atoms with Gasteiger partial charge in [0.1, 0.15) is 0 Å². The molecule has 68 valence electrons. The van der Waals surface area contributed by atoms with E-state index >= 15 is 0 Å². The third kappa shape index (κ3) is 2.11. The van der Waals surface area contributed by atoms with Gasteiger partial charge in [0.15, 0.2) is 0 Å². The molecule has 1 N–H and O–H groups in total. The number of allylic oxidation sites excluding steroid dienone is 2. The van der Waals surface area contributed by atoms with E-state index in [1.54, 1.807) is 7.11 Å². The maximum atomic E-state index is 9.66. The van der Waals surface area contributed by atoms with E-state index in [0.717, 1.165) is 24.2 Å². The van der Waals surface area contributed by atoms with E-state index in [9.17, 15) is 5.11 Å². The number of aliphatic hydroxyl groups is 1. The van der Waals surface area contributed by atoms with Crippen LogP contribution in [0, 0.1) is 0 Å². The summed E-state index contributed by atoms with van der Waals surface area (Å²) in [5, 5.41) is 9.66. The van der Waals surface area contributed by atoms with Crippen molar-refractivity contribution in [2.45, 2.75) is 32.3 Å². The molecule has 0 radical (unpaired) electrons. The summed E-state index contributed by atoms with van der Waals surface area (Å²) in [5.74, 6) is 0.989. The Morgan fingerprint density at radius 1 is 1.33 bits per heavy atom. The van der Waals surface area contributed by atoms with E-state index in [1.807, 2.05) is 26.0 Å². The standard InChI is InChI=1S/C10H16O2/c1-10(2,11)8-4-6-9(12-3)7-5-8/h4,7,11H,5-6H2,1-3H3. The summed E-state index contributed by atoms with van der Waals surface area (Å²) < 4.78 is 5.09. The minimum Gasteiger partial charge on any atom is -0.501 e. The Balaban J connectivity index is 2.61. The van der Waals surface area contributed by atoms with Gasteiger partial charge in [0.25, 0.3) is 0 Å². The fraction of sp³-hybridized carbons (Fsp3) is 0.600. The largest absolute Gasteiger partial charge is 0.501 e. The Labute approximate surface area is 73.5 Å². The van der Waals surface area contributed by atoms with Gasteiger partial charge in [-0.3, -0.25) is 0 Å². The van der Waals surface area contributed by atoms with Crippen LogP contribution in [-0.2, 0) is 4.74 Å². The highest BCUT2D eigenvalue weighted by Gasteiger charge is 2.20. The first-order chi connectivity index (χ1) is 5.54. The van der Waals surface area contributed by atoms with Gasteiger partial charge in [-0.25, -0.2) is 0 Å². The number of ether oxygens (including phenoxy) is 1. The lowest BCUT2D eigenvalue weighted by Crippen LogP contribution is -2.22. The van der Waals surface area contributed by atoms with Gasteiger partial charge in [-0.05, 0) is 31.9 Å². The lowest BCUT2D eigenvalue weighted by atomic mass is 9.91. The molecule has 2 nitrogen and oxygen atoms in total. The van der Waals surface area contributed by atoms with Crippen molar-refractivity contribution in [3.63, 3.8) is 0 Å². The van der Waals surface area contributed by atoms with E-state index in [4.69, 9.17) is 4.74 Å². The minimum atomic E-state index is -0.685. The molecule has 0 aromatic heterocycles. The maximum Gasteiger partial charge on any atom is 0.0956 e. The molecule has 0 aromatic rings. The van der Waals surface area contributed by atoms with E-state index in [0.29, 0.717) is 0 Å². The van der Waals surface area contributed by atoms with E-state index in [-0.39, 0.29) is 0 Å². The molecular weight excluding hydrogens is 152 g/mol. The highest BCUT2D eigenvalue weighted by atomic mass is 16.5. The van der Waals surface area contributed by atoms with Crippen LogP contribution in [0.25, 0.3) is 0 Å². The molecule has 0 unspecified atom stereocenters. The average Bonchev–Trinajstić information content (AvgIpc) is 2.03. The number of methoxy groups -OCH3 is 1. The molecule has 0 bridgehead atoms. The molecule has 1 rings (SSSR count). The Hall–Kier alpha value is -0.760. The maximum absolute atomic E-state index is 9.66. The Morgan fingerprint density at radius 2 is 2.00 bits per heavy atom. The van der Waals surface area contributed by atoms with Crippen molar-refractivity contribution in [3.05, 3.63) is 23.5 Å². The quantitative estimate of drug-likeness (QED) is 0.639. The zero-order valence-electron chi connectivity index (χ0n) is 7.92. The van der Waals surface area contributed by atoms with Crippen LogP contribution in [0.2, 0.25) is 0 Å². The van der Waals surface area contributed by atoms with Gasteiger partial charge in [0.05, 0.1) is 18.5 Å². The van der Waals surface area contributed by atoms with Crippen molar-refractivity contribution in [2.75, 3.05) is 7.11 Å². The number of hydrogen-bond donors (Lipinski definition) is 1. The molecule has 0 fully saturated rings. The molecule has 0 saturated heterocycles. The molecule has 2 heteroatoms. The normalized spacial score (nSPS) is 18.3. The van der Waals surface area contributed by atoms with Crippen LogP contribution >= 0.6 is 0 Å². The van der Waals surface area contributed by atoms with Crippen molar-refractivity contribution in [1.29, 1.82) is 0 Å². The topological polar surface area (TPSA) is 29.5 Å². The van der Waals surface area contributed by atoms with Crippen molar-refractivity contribution in [1.82, 2.24) is 0 Å². The molecule has 0 amide bonds. The summed E-state index contributed by atoms with van der Waals surface area (Å²) in [4.78, 5) is 0. The van der Waals surface area contributed by atoms with Crippen molar-refractivity contribution >= 4 is 0 Å². The predicted octanol–water partition coefficient (Wildman–Crippen LogP) is 2.01. The zero-order valence-corrected chi connectivity index (χ0v) is 7.92. The Kier molecular flexibility index (Phi) is 2.58. The summed E-state index contributed by atoms with van der Waals surface area (Å²) in [6.45, 7) is 3.62. The Bertz CT molecular complexity index is 218. The van der Waals surface area contributed by atoms with Gasteiger partial charge < -0.3 is 9.84 Å². The monoisotopic (exact) mass is 168 g/mol. The second-order valence-electron chi connectivity index (χ2n) is 3.57. The SMILES string of the molecule is COC1=CCC(C(C)(C)O)=CC1. The third-order valence-electron chi connectivity index (χ3n) is 2.15. The summed E-state index contributed by atoms with van der Waals surface area (Å²) >= 11 is 0. The van der Waals surface area contributed by atoms with E-state index in [2.05, 4.69) is 0 Å². The second kappa shape index (κ2) is 3.31. The van der Waals surface area contributed by atoms with Gasteiger partial charge >= 0.3 is 0 Å². The smallest absolute Gasteiger partial charge is 0.0956 e. The molecule has 0 heterocycles. The van der Waals surface area contributed by atoms with Gasteiger partial charge in [-0.15, -0.1) is 0 Å². The molecular formula is C10H16O2. The molecule has 0 saturated carbocycles. The minimum absolute atomic E-state index is 0.685. The molecule has 12 heavy (non-hydrogen) atoms. The Morgan fingerprint density at radius 3 is 2.33 bits per heavy atom. The van der Waals surface area contributed by atoms with Crippen LogP contribution in [-0.4, -0.2) is 17.8 Å². The van der Waals surface area contributed by atoms with Gasteiger partial charge in [0.2, 0.25) is 0 Å². The van der Waals surface area contributed by atoms with Gasteiger partial charge in [-0.1, -0.05) is 6.08 Å². The van der Waals surface area contributed by atoms with E-state index < -0.39 is 5.60 Å². The summed E-state index contributed by atoms with van der Waals surface area (Å²) in [6, 6.07) is 0. The molecule has 0 atom stereocenters. The summed E-state index contributed by atoms with van der Waals surface area (Å²) in [5.41, 5.74) is 0.388. The van der Waals surface area contributed by atoms with Gasteiger partial charge in [0, 0.05) is 6.42 Å². The van der Waals surface area contributed by atoms with Gasteiger partial charge in [-0.2, -0.15) is 0 Å². The molecule has 1 aliphatic carbocycles. The number of rotatable bonds is 2. The predicted molar refractivity (Wildman–Crippen MR) is 48.7 cm³/mol. The van der Waals surface area contributed by atoms with Crippen LogP contribution in [0.1, 0.15) is 26.7 Å². The zero-order chi connectivity index (χ0) is 9.19. The molecule has 0 aliphatic heterocycles. The highest BCUT2D eigenvalue weighted by Crippen LogP contribution is 2.26. The first-order valence-electron chi connectivity index (χ1n) is 4.19. The second-order valence-corrected chi connectivity index (χ2v) is 3.57. The highest BCUT2D eigenvalue weighted by molar-refractivity contribution is 5.24. The van der Waals surface area contributed by atoms with Crippen LogP contribution in [0.5, 0.6) is 0 Å². The van der Waals surface area contributed by atoms with E-state index in [1.165, 1.54) is 0 Å². The molecule has 1 aliphatic rings. The van der Waals surface area contributed by atoms with Crippen molar-refractivity contribution < 1.29 is 9.84 Å². The molecule has 0 spiro atoms. The lowest BCUT2D eigenvalue weighted by Gasteiger charge is -2.23. The van der Waals surface area contributed by atoms with Crippen LogP contribution < -0.4 is 0 Å². The first kappa shape index (κ1) is 9.33. The van der Waals surface area contributed by atoms with Crippen LogP contribution in [0.4, 0.5) is 0 Å². The lowest BCUT2D eigenvalue weighted by molar-refractivity contribution is 0.116. The van der Waals surface area contributed by atoms with Crippen molar-refractivity contribution in [2.24, 2.45) is 0 Å². The third-order valence-corrected chi connectivity index (χ3v) is 2.15. The first-order valence-corrected chi connectivity index (χ1v) is 4.19. The fourth-order valence-electron chi connectivity index (χ4n) is 1.28. The fourth-order valence-corrected chi connectivity index (χ4v) is 1.28. The van der Waals surface area contributed by atoms with Crippen LogP contribution in [0.3, 0.4) is 0 Å². The summed E-state index contributed by atoms with van der Waals surface area (Å²) in [7, 11) is 1.68. The van der Waals surface area contributed by atoms with Crippen LogP contribution in [0.15, 0.2) is 23.5 Å². The average molecular weight is 168 g/mol.